The molecule has 0 aliphatic rings. The van der Waals surface area contributed by atoms with E-state index in [0.29, 0.717) is 5.69 Å². The molecule has 1 aromatic rings. The molecule has 0 radical (unpaired) electrons. The van der Waals surface area contributed by atoms with Crippen LogP contribution in [0, 0.1) is 0 Å². The number of hydrogen-bond donors (Lipinski definition) is 1. The second kappa shape index (κ2) is 5.95. The molecule has 0 spiro atoms. The molecule has 1 rings (SSSR count). The third kappa shape index (κ3) is 4.83. The Morgan fingerprint density at radius 2 is 2.06 bits per heavy atom. The molecule has 7 heteroatoms. The Kier molecular flexibility index (Phi) is 4.84. The lowest BCUT2D eigenvalue weighted by atomic mass is 10.2. The number of carbonyl (C=O) groups excluding carboxylic acids is 1. The lowest BCUT2D eigenvalue weighted by Gasteiger charge is -2.08. The highest BCUT2D eigenvalue weighted by Crippen LogP contribution is 2.22. The molecule has 0 unspecified atom stereocenters. The third-order valence-corrected chi connectivity index (χ3v) is 2.38. The van der Waals surface area contributed by atoms with Gasteiger partial charge in [0.15, 0.2) is 0 Å². The number of nitrogens with two attached hydrogens (primary N) is 1. The Morgan fingerprint density at radius 1 is 1.39 bits per heavy atom. The first-order chi connectivity index (χ1) is 8.29. The van der Waals surface area contributed by atoms with Crippen LogP contribution in [0.5, 0.6) is 0 Å². The minimum absolute atomic E-state index is 0.0451. The van der Waals surface area contributed by atoms with E-state index in [1.165, 1.54) is 18.2 Å². The van der Waals surface area contributed by atoms with Crippen molar-refractivity contribution >= 4 is 23.3 Å². The topological polar surface area (TPSA) is 52.3 Å². The van der Waals surface area contributed by atoms with Gasteiger partial charge in [-0.05, 0) is 24.6 Å². The summed E-state index contributed by atoms with van der Waals surface area (Å²) in [6, 6.07) is 4.24. The van der Waals surface area contributed by atoms with Crippen LogP contribution in [-0.2, 0) is 4.74 Å². The zero-order valence-electron chi connectivity index (χ0n) is 9.26. The monoisotopic (exact) mass is 281 g/mol. The van der Waals surface area contributed by atoms with E-state index in [-0.39, 0.29) is 23.6 Å². The molecular weight excluding hydrogens is 271 g/mol. The molecule has 0 saturated heterocycles. The minimum atomic E-state index is -4.25. The van der Waals surface area contributed by atoms with E-state index in [4.69, 9.17) is 17.3 Å². The predicted octanol–water partition coefficient (Wildman–Crippen LogP) is 3.42. The predicted molar refractivity (Wildman–Crippen MR) is 61.4 cm³/mol. The highest BCUT2D eigenvalue weighted by molar-refractivity contribution is 6.33. The summed E-state index contributed by atoms with van der Waals surface area (Å²) >= 11 is 5.74. The van der Waals surface area contributed by atoms with E-state index in [0.717, 1.165) is 0 Å². The van der Waals surface area contributed by atoms with Crippen LogP contribution in [0.4, 0.5) is 18.9 Å². The summed E-state index contributed by atoms with van der Waals surface area (Å²) in [5.41, 5.74) is 5.83. The quantitative estimate of drug-likeness (QED) is 0.523. The molecule has 0 bridgehead atoms. The Balaban J connectivity index is 2.48. The Bertz CT molecular complexity index is 435. The summed E-state index contributed by atoms with van der Waals surface area (Å²) in [6.07, 6.45) is -5.53. The fourth-order valence-electron chi connectivity index (χ4n) is 1.21. The fourth-order valence-corrected chi connectivity index (χ4v) is 1.41. The van der Waals surface area contributed by atoms with Crippen molar-refractivity contribution in [2.45, 2.75) is 19.0 Å². The first kappa shape index (κ1) is 14.6. The number of halogens is 4. The number of nitrogen functional groups attached to an aromatic ring is 1. The van der Waals surface area contributed by atoms with Crippen molar-refractivity contribution in [1.82, 2.24) is 0 Å². The number of esters is 1. The molecule has 2 N–H and O–H groups in total. The number of hydrogen-bond acceptors (Lipinski definition) is 3. The van der Waals surface area contributed by atoms with Crippen molar-refractivity contribution in [3.8, 4) is 0 Å². The molecule has 18 heavy (non-hydrogen) atoms. The van der Waals surface area contributed by atoms with Gasteiger partial charge in [-0.3, -0.25) is 0 Å². The normalized spacial score (nSPS) is 11.3. The van der Waals surface area contributed by atoms with Gasteiger partial charge in [0.05, 0.1) is 17.2 Å². The fraction of sp³-hybridized carbons (Fsp3) is 0.364. The second-order valence-corrected chi connectivity index (χ2v) is 4.00. The highest BCUT2D eigenvalue weighted by atomic mass is 35.5. The molecule has 0 amide bonds. The van der Waals surface area contributed by atoms with Gasteiger partial charge in [0, 0.05) is 12.1 Å². The molecule has 0 aliphatic heterocycles. The second-order valence-electron chi connectivity index (χ2n) is 3.59. The van der Waals surface area contributed by atoms with E-state index in [1.54, 1.807) is 0 Å². The maximum Gasteiger partial charge on any atom is 0.389 e. The zero-order chi connectivity index (χ0) is 13.8. The average molecular weight is 282 g/mol. The maximum atomic E-state index is 11.8. The van der Waals surface area contributed by atoms with Crippen molar-refractivity contribution in [3.05, 3.63) is 28.8 Å². The van der Waals surface area contributed by atoms with Gasteiger partial charge in [0.2, 0.25) is 0 Å². The van der Waals surface area contributed by atoms with Crippen LogP contribution in [0.2, 0.25) is 5.02 Å². The molecule has 0 aliphatic carbocycles. The maximum absolute atomic E-state index is 11.8. The number of ether oxygens (including phenoxy) is 1. The summed E-state index contributed by atoms with van der Waals surface area (Å²) < 4.78 is 40.2. The Morgan fingerprint density at radius 3 is 2.67 bits per heavy atom. The standard InChI is InChI=1S/C11H11ClF3NO2/c12-9-3-2-7(16)6-8(9)10(17)18-5-1-4-11(13,14)15/h2-3,6H,1,4-5,16H2. The van der Waals surface area contributed by atoms with Crippen LogP contribution in [0.3, 0.4) is 0 Å². The van der Waals surface area contributed by atoms with E-state index in [1.807, 2.05) is 0 Å². The number of anilines is 1. The van der Waals surface area contributed by atoms with Gasteiger partial charge in [0.1, 0.15) is 0 Å². The van der Waals surface area contributed by atoms with Crippen LogP contribution >= 0.6 is 11.6 Å². The van der Waals surface area contributed by atoms with E-state index in [9.17, 15) is 18.0 Å². The summed E-state index contributed by atoms with van der Waals surface area (Å²) in [4.78, 5) is 11.5. The SMILES string of the molecule is Nc1ccc(Cl)c(C(=O)OCCCC(F)(F)F)c1. The molecule has 0 fully saturated rings. The molecule has 1 aromatic carbocycles. The first-order valence-electron chi connectivity index (χ1n) is 5.08. The first-order valence-corrected chi connectivity index (χ1v) is 5.46. The zero-order valence-corrected chi connectivity index (χ0v) is 10.0. The molecule has 0 saturated carbocycles. The van der Waals surface area contributed by atoms with E-state index < -0.39 is 18.6 Å². The van der Waals surface area contributed by atoms with Crippen molar-refractivity contribution in [2.24, 2.45) is 0 Å². The van der Waals surface area contributed by atoms with Crippen LogP contribution < -0.4 is 5.73 Å². The van der Waals surface area contributed by atoms with Crippen molar-refractivity contribution < 1.29 is 22.7 Å². The van der Waals surface area contributed by atoms with Crippen LogP contribution in [0.25, 0.3) is 0 Å². The molecular formula is C11H11ClF3NO2. The molecule has 3 nitrogen and oxygen atoms in total. The number of carbonyl (C=O) groups is 1. The summed E-state index contributed by atoms with van der Waals surface area (Å²) in [5.74, 6) is -0.783. The van der Waals surface area contributed by atoms with Gasteiger partial charge in [-0.25, -0.2) is 4.79 Å². The van der Waals surface area contributed by atoms with E-state index >= 15 is 0 Å². The van der Waals surface area contributed by atoms with Gasteiger partial charge in [-0.15, -0.1) is 0 Å². The lowest BCUT2D eigenvalue weighted by Crippen LogP contribution is -2.12. The lowest BCUT2D eigenvalue weighted by molar-refractivity contribution is -0.137. The number of benzene rings is 1. The summed E-state index contributed by atoms with van der Waals surface area (Å²) in [7, 11) is 0. The molecule has 100 valence electrons. The summed E-state index contributed by atoms with van der Waals surface area (Å²) in [6.45, 7) is -0.316. The van der Waals surface area contributed by atoms with Gasteiger partial charge in [-0.2, -0.15) is 13.2 Å². The highest BCUT2D eigenvalue weighted by Gasteiger charge is 2.26. The smallest absolute Gasteiger partial charge is 0.389 e. The van der Waals surface area contributed by atoms with Gasteiger partial charge < -0.3 is 10.5 Å². The summed E-state index contributed by atoms with van der Waals surface area (Å²) in [5, 5.41) is 0.144. The Labute approximate surface area is 107 Å². The average Bonchev–Trinajstić information content (AvgIpc) is 2.26. The van der Waals surface area contributed by atoms with Crippen LogP contribution in [0.1, 0.15) is 23.2 Å². The molecule has 0 heterocycles. The largest absolute Gasteiger partial charge is 0.462 e. The number of rotatable bonds is 4. The van der Waals surface area contributed by atoms with Crippen molar-refractivity contribution in [3.63, 3.8) is 0 Å². The van der Waals surface area contributed by atoms with Gasteiger partial charge >= 0.3 is 12.1 Å². The van der Waals surface area contributed by atoms with Crippen LogP contribution in [0.15, 0.2) is 18.2 Å². The van der Waals surface area contributed by atoms with Gasteiger partial charge in [0.25, 0.3) is 0 Å². The molecule has 0 aromatic heterocycles. The third-order valence-electron chi connectivity index (χ3n) is 2.05. The minimum Gasteiger partial charge on any atom is -0.462 e. The van der Waals surface area contributed by atoms with E-state index in [2.05, 4.69) is 4.74 Å². The Hall–Kier alpha value is -1.43. The van der Waals surface area contributed by atoms with Crippen LogP contribution in [-0.4, -0.2) is 18.8 Å². The van der Waals surface area contributed by atoms with Gasteiger partial charge in [-0.1, -0.05) is 11.6 Å². The molecule has 0 atom stereocenters. The number of alkyl halides is 3. The van der Waals surface area contributed by atoms with Crippen molar-refractivity contribution in [1.29, 1.82) is 0 Å². The van der Waals surface area contributed by atoms with Crippen molar-refractivity contribution in [2.75, 3.05) is 12.3 Å².